The summed E-state index contributed by atoms with van der Waals surface area (Å²) in [4.78, 5) is 28.4. The maximum absolute atomic E-state index is 12.2. The third kappa shape index (κ3) is 4.19. The molecule has 0 bridgehead atoms. The predicted octanol–water partition coefficient (Wildman–Crippen LogP) is 4.65. The van der Waals surface area contributed by atoms with Gasteiger partial charge >= 0.3 is 5.97 Å². The van der Waals surface area contributed by atoms with Crippen LogP contribution < -0.4 is 10.9 Å². The van der Waals surface area contributed by atoms with E-state index in [1.165, 1.54) is 10.6 Å². The molecule has 2 aromatic carbocycles. The molecular formula is C26H22N4O3. The molecule has 4 rings (SSSR count). The van der Waals surface area contributed by atoms with E-state index in [1.54, 1.807) is 43.6 Å². The van der Waals surface area contributed by atoms with Gasteiger partial charge in [0.25, 0.3) is 5.56 Å². The van der Waals surface area contributed by atoms with Crippen LogP contribution in [0.3, 0.4) is 0 Å². The van der Waals surface area contributed by atoms with E-state index in [0.717, 1.165) is 16.5 Å². The van der Waals surface area contributed by atoms with Crippen molar-refractivity contribution in [3.8, 4) is 17.2 Å². The average Bonchev–Trinajstić information content (AvgIpc) is 2.79. The van der Waals surface area contributed by atoms with Gasteiger partial charge in [-0.05, 0) is 60.9 Å². The topological polar surface area (TPSA) is 108 Å². The number of nitrogens with one attached hydrogen (secondary N) is 1. The summed E-state index contributed by atoms with van der Waals surface area (Å²) in [5, 5.41) is 23.4. The van der Waals surface area contributed by atoms with Gasteiger partial charge in [0, 0.05) is 42.0 Å². The molecule has 0 saturated carbocycles. The van der Waals surface area contributed by atoms with Gasteiger partial charge in [0.05, 0.1) is 11.1 Å². The SMILES string of the molecule is Cc1cc([C@@H](C)Nc2ccccc2C(=O)O)c2cc(-c3ccn(C)c(=O)c3)c(C#N)nc2c1. The van der Waals surface area contributed by atoms with E-state index in [4.69, 9.17) is 0 Å². The highest BCUT2D eigenvalue weighted by molar-refractivity contribution is 5.94. The number of pyridine rings is 2. The molecule has 0 saturated heterocycles. The smallest absolute Gasteiger partial charge is 0.337 e. The van der Waals surface area contributed by atoms with Crippen LogP contribution in [0.25, 0.3) is 22.0 Å². The lowest BCUT2D eigenvalue weighted by Crippen LogP contribution is -2.14. The minimum Gasteiger partial charge on any atom is -0.478 e. The van der Waals surface area contributed by atoms with Crippen LogP contribution in [-0.4, -0.2) is 20.6 Å². The number of aromatic nitrogens is 2. The first-order chi connectivity index (χ1) is 15.8. The van der Waals surface area contributed by atoms with Crippen LogP contribution in [-0.2, 0) is 7.05 Å². The first kappa shape index (κ1) is 21.8. The molecule has 0 aliphatic heterocycles. The molecule has 0 aliphatic carbocycles. The number of nitrogens with zero attached hydrogens (tertiary/aromatic N) is 3. The summed E-state index contributed by atoms with van der Waals surface area (Å²) in [7, 11) is 1.67. The Hall–Kier alpha value is -4.44. The first-order valence-electron chi connectivity index (χ1n) is 10.4. The Morgan fingerprint density at radius 2 is 1.94 bits per heavy atom. The van der Waals surface area contributed by atoms with Gasteiger partial charge in [-0.15, -0.1) is 0 Å². The van der Waals surface area contributed by atoms with Crippen molar-refractivity contribution in [1.29, 1.82) is 5.26 Å². The van der Waals surface area contributed by atoms with E-state index < -0.39 is 5.97 Å². The van der Waals surface area contributed by atoms with E-state index >= 15 is 0 Å². The fourth-order valence-electron chi connectivity index (χ4n) is 3.94. The summed E-state index contributed by atoms with van der Waals surface area (Å²) < 4.78 is 1.46. The maximum atomic E-state index is 12.2. The third-order valence-corrected chi connectivity index (χ3v) is 5.63. The van der Waals surface area contributed by atoms with Gasteiger partial charge in [0.15, 0.2) is 0 Å². The monoisotopic (exact) mass is 438 g/mol. The molecule has 33 heavy (non-hydrogen) atoms. The van der Waals surface area contributed by atoms with Gasteiger partial charge in [-0.1, -0.05) is 18.2 Å². The van der Waals surface area contributed by atoms with E-state index in [0.29, 0.717) is 22.3 Å². The molecule has 4 aromatic rings. The second-order valence-electron chi connectivity index (χ2n) is 8.00. The Labute approximate surface area is 190 Å². The van der Waals surface area contributed by atoms with Crippen LogP contribution in [0.1, 0.15) is 40.1 Å². The van der Waals surface area contributed by atoms with E-state index in [9.17, 15) is 20.0 Å². The van der Waals surface area contributed by atoms with Gasteiger partial charge in [0.1, 0.15) is 11.8 Å². The van der Waals surface area contributed by atoms with Gasteiger partial charge < -0.3 is 15.0 Å². The number of carbonyl (C=O) groups is 1. The minimum atomic E-state index is -1.01. The van der Waals surface area contributed by atoms with E-state index in [1.807, 2.05) is 32.0 Å². The number of fused-ring (bicyclic) bond motifs is 1. The minimum absolute atomic E-state index is 0.180. The number of nitriles is 1. The summed E-state index contributed by atoms with van der Waals surface area (Å²) in [5.41, 5.74) is 4.49. The number of aromatic carboxylic acids is 1. The zero-order chi connectivity index (χ0) is 23.7. The third-order valence-electron chi connectivity index (χ3n) is 5.63. The number of hydrogen-bond donors (Lipinski definition) is 2. The highest BCUT2D eigenvalue weighted by Crippen LogP contribution is 2.33. The van der Waals surface area contributed by atoms with Crippen molar-refractivity contribution >= 4 is 22.6 Å². The molecule has 0 unspecified atom stereocenters. The highest BCUT2D eigenvalue weighted by atomic mass is 16.4. The van der Waals surface area contributed by atoms with Gasteiger partial charge in [0.2, 0.25) is 0 Å². The van der Waals surface area contributed by atoms with Gasteiger partial charge in [-0.25, -0.2) is 9.78 Å². The Bertz CT molecular complexity index is 1500. The van der Waals surface area contributed by atoms with Crippen LogP contribution in [0.2, 0.25) is 0 Å². The Morgan fingerprint density at radius 3 is 2.64 bits per heavy atom. The Balaban J connectivity index is 1.88. The molecule has 1 atom stereocenters. The molecule has 0 radical (unpaired) electrons. The first-order valence-corrected chi connectivity index (χ1v) is 10.4. The predicted molar refractivity (Wildman–Crippen MR) is 127 cm³/mol. The number of carboxylic acid groups (broad SMARTS) is 1. The van der Waals surface area contributed by atoms with E-state index in [2.05, 4.69) is 16.4 Å². The molecule has 7 heteroatoms. The molecule has 7 nitrogen and oxygen atoms in total. The number of hydrogen-bond acceptors (Lipinski definition) is 5. The number of aryl methyl sites for hydroxylation is 2. The van der Waals surface area contributed by atoms with Crippen molar-refractivity contribution < 1.29 is 9.90 Å². The fraction of sp³-hybridized carbons (Fsp3) is 0.154. The lowest BCUT2D eigenvalue weighted by atomic mass is 9.95. The van der Waals surface area contributed by atoms with Crippen molar-refractivity contribution in [1.82, 2.24) is 9.55 Å². The Kier molecular flexibility index (Phi) is 5.67. The van der Waals surface area contributed by atoms with Crippen molar-refractivity contribution in [3.63, 3.8) is 0 Å². The normalized spacial score (nSPS) is 11.7. The van der Waals surface area contributed by atoms with Crippen molar-refractivity contribution in [2.75, 3.05) is 5.32 Å². The second-order valence-corrected chi connectivity index (χ2v) is 8.00. The number of rotatable bonds is 5. The van der Waals surface area contributed by atoms with E-state index in [-0.39, 0.29) is 22.9 Å². The zero-order valence-corrected chi connectivity index (χ0v) is 18.5. The molecule has 0 fully saturated rings. The quantitative estimate of drug-likeness (QED) is 0.469. The van der Waals surface area contributed by atoms with Crippen LogP contribution in [0, 0.1) is 18.3 Å². The number of carboxylic acids is 1. The highest BCUT2D eigenvalue weighted by Gasteiger charge is 2.18. The number of para-hydroxylation sites is 1. The second kappa shape index (κ2) is 8.60. The van der Waals surface area contributed by atoms with Crippen molar-refractivity contribution in [2.24, 2.45) is 7.05 Å². The largest absolute Gasteiger partial charge is 0.478 e. The van der Waals surface area contributed by atoms with Crippen molar-refractivity contribution in [3.05, 3.63) is 93.5 Å². The molecule has 2 aromatic heterocycles. The van der Waals surface area contributed by atoms with Crippen LogP contribution in [0.5, 0.6) is 0 Å². The summed E-state index contributed by atoms with van der Waals surface area (Å²) in [5.74, 6) is -1.01. The fourth-order valence-corrected chi connectivity index (χ4v) is 3.94. The summed E-state index contributed by atoms with van der Waals surface area (Å²) in [6, 6.07) is 17.7. The zero-order valence-electron chi connectivity index (χ0n) is 18.5. The molecule has 0 amide bonds. The van der Waals surface area contributed by atoms with Crippen LogP contribution in [0.4, 0.5) is 5.69 Å². The molecular weight excluding hydrogens is 416 g/mol. The Morgan fingerprint density at radius 1 is 1.18 bits per heavy atom. The average molecular weight is 438 g/mol. The molecule has 2 heterocycles. The van der Waals surface area contributed by atoms with Crippen molar-refractivity contribution in [2.45, 2.75) is 19.9 Å². The molecule has 0 spiro atoms. The number of benzene rings is 2. The molecule has 0 aliphatic rings. The van der Waals surface area contributed by atoms with Crippen LogP contribution >= 0.6 is 0 Å². The summed E-state index contributed by atoms with van der Waals surface area (Å²) in [6.07, 6.45) is 1.66. The maximum Gasteiger partial charge on any atom is 0.337 e. The van der Waals surface area contributed by atoms with Gasteiger partial charge in [-0.2, -0.15) is 5.26 Å². The lowest BCUT2D eigenvalue weighted by molar-refractivity contribution is 0.0698. The summed E-state index contributed by atoms with van der Waals surface area (Å²) in [6.45, 7) is 3.90. The standard InChI is InChI=1S/C26H22N4O3/c1-15-10-19(16(2)28-22-7-5-4-6-18(22)26(32)33)21-13-20(24(14-27)29-23(21)11-15)17-8-9-30(3)25(31)12-17/h4-13,16,28H,1-3H3,(H,32,33)/t16-/m1/s1. The molecule has 164 valence electrons. The van der Waals surface area contributed by atoms with Crippen LogP contribution in [0.15, 0.2) is 65.6 Å². The number of anilines is 1. The lowest BCUT2D eigenvalue weighted by Gasteiger charge is -2.20. The summed E-state index contributed by atoms with van der Waals surface area (Å²) >= 11 is 0. The molecule has 2 N–H and O–H groups in total. The van der Waals surface area contributed by atoms with Gasteiger partial charge in [-0.3, -0.25) is 4.79 Å².